The number of nitrogens with zero attached hydrogens (tertiary/aromatic N) is 2. The molecule has 1 aromatic heterocycles. The van der Waals surface area contributed by atoms with Gasteiger partial charge in [-0.25, -0.2) is 4.39 Å². The molecule has 0 spiro atoms. The monoisotopic (exact) mass is 265 g/mol. The second-order valence-corrected chi connectivity index (χ2v) is 4.04. The molecule has 0 aliphatic carbocycles. The third-order valence-corrected chi connectivity index (χ3v) is 2.89. The van der Waals surface area contributed by atoms with Crippen LogP contribution in [0.25, 0.3) is 11.5 Å². The van der Waals surface area contributed by atoms with E-state index in [1.165, 1.54) is 19.2 Å². The van der Waals surface area contributed by atoms with Crippen molar-refractivity contribution in [3.8, 4) is 17.2 Å². The highest BCUT2D eigenvalue weighted by Gasteiger charge is 2.16. The van der Waals surface area contributed by atoms with Gasteiger partial charge in [-0.1, -0.05) is 6.92 Å². The van der Waals surface area contributed by atoms with Crippen LogP contribution >= 0.6 is 0 Å². The van der Waals surface area contributed by atoms with Gasteiger partial charge in [0, 0.05) is 5.56 Å². The maximum Gasteiger partial charge on any atom is 0.247 e. The molecule has 0 aliphatic rings. The van der Waals surface area contributed by atoms with E-state index in [0.29, 0.717) is 17.3 Å². The minimum atomic E-state index is -0.423. The number of ether oxygens (including phenoxy) is 1. The number of benzene rings is 1. The smallest absolute Gasteiger partial charge is 0.247 e. The third kappa shape index (κ3) is 2.73. The molecule has 0 radical (unpaired) electrons. The predicted octanol–water partition coefficient (Wildman–Crippen LogP) is 2.55. The van der Waals surface area contributed by atoms with E-state index in [2.05, 4.69) is 15.5 Å². The zero-order valence-electron chi connectivity index (χ0n) is 11.1. The van der Waals surface area contributed by atoms with Crippen molar-refractivity contribution in [3.63, 3.8) is 0 Å². The SMILES string of the molecule is CCC(NC)c1nnc(-c2ccc(F)c(OC)c2)o1. The molecular weight excluding hydrogens is 249 g/mol. The van der Waals surface area contributed by atoms with Crippen LogP contribution in [0.2, 0.25) is 0 Å². The van der Waals surface area contributed by atoms with E-state index < -0.39 is 5.82 Å². The number of halogens is 1. The Bertz CT molecular complexity index is 553. The standard InChI is InChI=1S/C13H16FN3O2/c1-4-10(15-2)13-17-16-12(19-13)8-5-6-9(14)11(7-8)18-3/h5-7,10,15H,4H2,1-3H3. The van der Waals surface area contributed by atoms with Crippen molar-refractivity contribution in [2.75, 3.05) is 14.2 Å². The molecule has 19 heavy (non-hydrogen) atoms. The van der Waals surface area contributed by atoms with E-state index in [9.17, 15) is 4.39 Å². The largest absolute Gasteiger partial charge is 0.494 e. The highest BCUT2D eigenvalue weighted by molar-refractivity contribution is 5.55. The van der Waals surface area contributed by atoms with Gasteiger partial charge in [0.1, 0.15) is 0 Å². The first-order valence-electron chi connectivity index (χ1n) is 6.04. The van der Waals surface area contributed by atoms with Crippen molar-refractivity contribution in [1.82, 2.24) is 15.5 Å². The van der Waals surface area contributed by atoms with Gasteiger partial charge in [-0.3, -0.25) is 0 Å². The summed E-state index contributed by atoms with van der Waals surface area (Å²) < 4.78 is 23.8. The van der Waals surface area contributed by atoms with Crippen LogP contribution in [0.15, 0.2) is 22.6 Å². The number of hydrogen-bond donors (Lipinski definition) is 1. The van der Waals surface area contributed by atoms with E-state index in [1.54, 1.807) is 6.07 Å². The van der Waals surface area contributed by atoms with Crippen molar-refractivity contribution < 1.29 is 13.5 Å². The predicted molar refractivity (Wildman–Crippen MR) is 68.3 cm³/mol. The van der Waals surface area contributed by atoms with Crippen LogP contribution in [-0.2, 0) is 0 Å². The maximum absolute atomic E-state index is 13.3. The van der Waals surface area contributed by atoms with Crippen LogP contribution in [0.1, 0.15) is 25.3 Å². The molecule has 0 aliphatic heterocycles. The van der Waals surface area contributed by atoms with Gasteiger partial charge in [0.25, 0.3) is 0 Å². The summed E-state index contributed by atoms with van der Waals surface area (Å²) in [5.41, 5.74) is 0.628. The van der Waals surface area contributed by atoms with E-state index in [-0.39, 0.29) is 11.8 Å². The van der Waals surface area contributed by atoms with Crippen molar-refractivity contribution >= 4 is 0 Å². The number of hydrogen-bond acceptors (Lipinski definition) is 5. The van der Waals surface area contributed by atoms with Crippen molar-refractivity contribution in [2.24, 2.45) is 0 Å². The van der Waals surface area contributed by atoms with Crippen LogP contribution < -0.4 is 10.1 Å². The lowest BCUT2D eigenvalue weighted by atomic mass is 10.2. The number of aromatic nitrogens is 2. The molecule has 1 atom stereocenters. The summed E-state index contributed by atoms with van der Waals surface area (Å²) in [4.78, 5) is 0. The van der Waals surface area contributed by atoms with Gasteiger partial charge in [-0.05, 0) is 31.7 Å². The zero-order valence-corrected chi connectivity index (χ0v) is 11.1. The van der Waals surface area contributed by atoms with Crippen molar-refractivity contribution in [1.29, 1.82) is 0 Å². The van der Waals surface area contributed by atoms with Gasteiger partial charge < -0.3 is 14.5 Å². The lowest BCUT2D eigenvalue weighted by molar-refractivity contribution is 0.386. The molecule has 0 saturated heterocycles. The number of methoxy groups -OCH3 is 1. The van der Waals surface area contributed by atoms with E-state index in [1.807, 2.05) is 14.0 Å². The second-order valence-electron chi connectivity index (χ2n) is 4.04. The molecule has 6 heteroatoms. The highest BCUT2D eigenvalue weighted by atomic mass is 19.1. The van der Waals surface area contributed by atoms with Crippen LogP contribution in [0.4, 0.5) is 4.39 Å². The minimum absolute atomic E-state index is 0.0172. The third-order valence-electron chi connectivity index (χ3n) is 2.89. The Morgan fingerprint density at radius 2 is 2.21 bits per heavy atom. The Kier molecular flexibility index (Phi) is 4.11. The molecule has 1 unspecified atom stereocenters. The Balaban J connectivity index is 2.32. The lowest BCUT2D eigenvalue weighted by Gasteiger charge is -2.07. The zero-order chi connectivity index (χ0) is 13.8. The molecule has 0 bridgehead atoms. The fourth-order valence-electron chi connectivity index (χ4n) is 1.79. The fourth-order valence-corrected chi connectivity index (χ4v) is 1.79. The molecule has 0 saturated carbocycles. The summed E-state index contributed by atoms with van der Waals surface area (Å²) in [7, 11) is 3.24. The first-order valence-corrected chi connectivity index (χ1v) is 6.04. The molecule has 2 rings (SSSR count). The number of rotatable bonds is 5. The van der Waals surface area contributed by atoms with Gasteiger partial charge in [0.05, 0.1) is 13.2 Å². The summed E-state index contributed by atoms with van der Waals surface area (Å²) in [5.74, 6) is 0.593. The average Bonchev–Trinajstić information content (AvgIpc) is 2.90. The van der Waals surface area contributed by atoms with Crippen LogP contribution in [0, 0.1) is 5.82 Å². The minimum Gasteiger partial charge on any atom is -0.494 e. The molecular formula is C13H16FN3O2. The Morgan fingerprint density at radius 1 is 1.42 bits per heavy atom. The molecule has 1 N–H and O–H groups in total. The summed E-state index contributed by atoms with van der Waals surface area (Å²) >= 11 is 0. The van der Waals surface area contributed by atoms with Gasteiger partial charge in [-0.15, -0.1) is 10.2 Å². The highest BCUT2D eigenvalue weighted by Crippen LogP contribution is 2.26. The lowest BCUT2D eigenvalue weighted by Crippen LogP contribution is -2.15. The van der Waals surface area contributed by atoms with Gasteiger partial charge in [-0.2, -0.15) is 0 Å². The molecule has 1 heterocycles. The van der Waals surface area contributed by atoms with Crippen LogP contribution in [-0.4, -0.2) is 24.4 Å². The van der Waals surface area contributed by atoms with E-state index >= 15 is 0 Å². The summed E-state index contributed by atoms with van der Waals surface area (Å²) in [6, 6.07) is 4.44. The molecule has 102 valence electrons. The molecule has 5 nitrogen and oxygen atoms in total. The Hall–Kier alpha value is -1.95. The van der Waals surface area contributed by atoms with Gasteiger partial charge in [0.15, 0.2) is 11.6 Å². The van der Waals surface area contributed by atoms with Crippen molar-refractivity contribution in [3.05, 3.63) is 29.9 Å². The summed E-state index contributed by atoms with van der Waals surface area (Å²) in [6.45, 7) is 2.02. The molecule has 0 fully saturated rings. The van der Waals surface area contributed by atoms with Crippen LogP contribution in [0.3, 0.4) is 0 Å². The normalized spacial score (nSPS) is 12.4. The summed E-state index contributed by atoms with van der Waals surface area (Å²) in [6.07, 6.45) is 0.838. The fraction of sp³-hybridized carbons (Fsp3) is 0.385. The first kappa shape index (κ1) is 13.5. The maximum atomic E-state index is 13.3. The van der Waals surface area contributed by atoms with Crippen molar-refractivity contribution in [2.45, 2.75) is 19.4 Å². The first-order chi connectivity index (χ1) is 9.19. The van der Waals surface area contributed by atoms with Gasteiger partial charge in [0.2, 0.25) is 11.8 Å². The Morgan fingerprint density at radius 3 is 2.84 bits per heavy atom. The van der Waals surface area contributed by atoms with Gasteiger partial charge >= 0.3 is 0 Å². The Labute approximate surface area is 110 Å². The topological polar surface area (TPSA) is 60.2 Å². The second kappa shape index (κ2) is 5.79. The van der Waals surface area contributed by atoms with Crippen LogP contribution in [0.5, 0.6) is 5.75 Å². The molecule has 2 aromatic rings. The van der Waals surface area contributed by atoms with E-state index in [0.717, 1.165) is 6.42 Å². The van der Waals surface area contributed by atoms with E-state index in [4.69, 9.17) is 9.15 Å². The molecule has 1 aromatic carbocycles. The number of nitrogens with one attached hydrogen (secondary N) is 1. The molecule has 0 amide bonds. The average molecular weight is 265 g/mol. The summed E-state index contributed by atoms with van der Waals surface area (Å²) in [5, 5.41) is 11.1. The quantitative estimate of drug-likeness (QED) is 0.900.